The van der Waals surface area contributed by atoms with Crippen LogP contribution in [0.5, 0.6) is 5.75 Å². The summed E-state index contributed by atoms with van der Waals surface area (Å²) < 4.78 is 8.75. The second-order valence-electron chi connectivity index (χ2n) is 4.79. The van der Waals surface area contributed by atoms with Crippen LogP contribution in [-0.2, 0) is 13.2 Å². The van der Waals surface area contributed by atoms with Crippen LogP contribution < -0.4 is 10.1 Å². The molecule has 0 unspecified atom stereocenters. The van der Waals surface area contributed by atoms with Gasteiger partial charge in [-0.2, -0.15) is 5.10 Å². The molecule has 2 rings (SSSR count). The lowest BCUT2D eigenvalue weighted by Crippen LogP contribution is -2.11. The number of halogens is 1. The number of hydrogen-bond donors (Lipinski definition) is 1. The topological polar surface area (TPSA) is 52.0 Å². The minimum Gasteiger partial charge on any atom is -0.486 e. The summed E-state index contributed by atoms with van der Waals surface area (Å²) in [6.07, 6.45) is 1.56. The molecule has 0 radical (unpaired) electrons. The maximum Gasteiger partial charge on any atom is 0.165 e. The lowest BCUT2D eigenvalue weighted by molar-refractivity contribution is 0.282. The zero-order valence-corrected chi connectivity index (χ0v) is 13.5. The Kier molecular flexibility index (Phi) is 5.14. The van der Waals surface area contributed by atoms with Crippen LogP contribution in [0.15, 0.2) is 29.0 Å². The molecule has 2 aromatic rings. The molecular weight excluding hydrogens is 320 g/mol. The first kappa shape index (κ1) is 15.0. The number of hydrogen-bond acceptors (Lipinski definition) is 4. The fraction of sp³-hybridized carbons (Fsp3) is 0.429. The third-order valence-corrected chi connectivity index (χ3v) is 3.66. The molecule has 0 bridgehead atoms. The van der Waals surface area contributed by atoms with Crippen LogP contribution in [0.4, 0.5) is 0 Å². The van der Waals surface area contributed by atoms with E-state index in [1.54, 1.807) is 6.33 Å². The van der Waals surface area contributed by atoms with E-state index in [0.29, 0.717) is 6.61 Å². The summed E-state index contributed by atoms with van der Waals surface area (Å²) in [4.78, 5) is 4.23. The van der Waals surface area contributed by atoms with Crippen LogP contribution in [0.3, 0.4) is 0 Å². The smallest absolute Gasteiger partial charge is 0.165 e. The third kappa shape index (κ3) is 3.58. The van der Waals surface area contributed by atoms with Gasteiger partial charge in [-0.05, 0) is 44.7 Å². The van der Waals surface area contributed by atoms with Gasteiger partial charge < -0.3 is 10.1 Å². The first-order chi connectivity index (χ1) is 9.61. The Morgan fingerprint density at radius 3 is 2.90 bits per heavy atom. The van der Waals surface area contributed by atoms with Gasteiger partial charge in [0.15, 0.2) is 5.82 Å². The number of rotatable bonds is 6. The predicted octanol–water partition coefficient (Wildman–Crippen LogP) is 2.92. The van der Waals surface area contributed by atoms with Crippen molar-refractivity contribution in [2.75, 3.05) is 7.05 Å². The Hall–Kier alpha value is -1.40. The lowest BCUT2D eigenvalue weighted by atomic mass is 10.2. The Morgan fingerprint density at radius 2 is 2.20 bits per heavy atom. The highest BCUT2D eigenvalue weighted by molar-refractivity contribution is 9.10. The number of ether oxygens (including phenoxy) is 1. The van der Waals surface area contributed by atoms with E-state index in [1.807, 2.05) is 29.9 Å². The van der Waals surface area contributed by atoms with Crippen LogP contribution in [0.1, 0.15) is 31.3 Å². The molecule has 1 N–H and O–H groups in total. The van der Waals surface area contributed by atoms with E-state index in [2.05, 4.69) is 45.2 Å². The van der Waals surface area contributed by atoms with Crippen molar-refractivity contribution in [1.29, 1.82) is 0 Å². The van der Waals surface area contributed by atoms with Gasteiger partial charge in [-0.3, -0.25) is 0 Å². The van der Waals surface area contributed by atoms with E-state index >= 15 is 0 Å². The second-order valence-corrected chi connectivity index (χ2v) is 5.64. The van der Waals surface area contributed by atoms with Gasteiger partial charge in [-0.15, -0.1) is 0 Å². The van der Waals surface area contributed by atoms with Crippen molar-refractivity contribution in [2.45, 2.75) is 33.0 Å². The zero-order valence-electron chi connectivity index (χ0n) is 11.9. The molecule has 0 spiro atoms. The molecule has 0 aliphatic carbocycles. The van der Waals surface area contributed by atoms with Crippen LogP contribution in [0, 0.1) is 0 Å². The predicted molar refractivity (Wildman–Crippen MR) is 81.6 cm³/mol. The highest BCUT2D eigenvalue weighted by atomic mass is 79.9. The summed E-state index contributed by atoms with van der Waals surface area (Å²) in [5.41, 5.74) is 1.16. The van der Waals surface area contributed by atoms with Crippen LogP contribution in [0.2, 0.25) is 0 Å². The van der Waals surface area contributed by atoms with Gasteiger partial charge in [0.05, 0.1) is 0 Å². The van der Waals surface area contributed by atoms with E-state index in [0.717, 1.165) is 28.2 Å². The Balaban J connectivity index is 2.07. The van der Waals surface area contributed by atoms with Crippen molar-refractivity contribution in [3.05, 3.63) is 40.4 Å². The van der Waals surface area contributed by atoms with E-state index in [-0.39, 0.29) is 6.04 Å². The van der Waals surface area contributed by atoms with Gasteiger partial charge in [0, 0.05) is 17.1 Å². The lowest BCUT2D eigenvalue weighted by Gasteiger charge is -2.12. The summed E-state index contributed by atoms with van der Waals surface area (Å²) in [6.45, 7) is 5.35. The summed E-state index contributed by atoms with van der Waals surface area (Å²) in [5.74, 6) is 1.66. The molecule has 1 heterocycles. The molecule has 6 heteroatoms. The molecule has 0 aliphatic heterocycles. The number of benzene rings is 1. The van der Waals surface area contributed by atoms with Crippen molar-refractivity contribution in [1.82, 2.24) is 20.1 Å². The van der Waals surface area contributed by atoms with Crippen molar-refractivity contribution < 1.29 is 4.74 Å². The SMILES string of the molecule is CNCc1cc(OCc2ncnn2C(C)C)ccc1Br. The highest BCUT2D eigenvalue weighted by Crippen LogP contribution is 2.23. The molecule has 0 atom stereocenters. The fourth-order valence-electron chi connectivity index (χ4n) is 1.92. The number of nitrogens with one attached hydrogen (secondary N) is 1. The van der Waals surface area contributed by atoms with Gasteiger partial charge in [-0.1, -0.05) is 15.9 Å². The molecule has 1 aromatic carbocycles. The van der Waals surface area contributed by atoms with Crippen molar-refractivity contribution in [3.8, 4) is 5.75 Å². The summed E-state index contributed by atoms with van der Waals surface area (Å²) in [5, 5.41) is 7.33. The van der Waals surface area contributed by atoms with Crippen molar-refractivity contribution in [3.63, 3.8) is 0 Å². The van der Waals surface area contributed by atoms with Crippen LogP contribution in [-0.4, -0.2) is 21.8 Å². The Morgan fingerprint density at radius 1 is 1.40 bits per heavy atom. The minimum atomic E-state index is 0.279. The molecule has 20 heavy (non-hydrogen) atoms. The first-order valence-electron chi connectivity index (χ1n) is 6.56. The fourth-order valence-corrected chi connectivity index (χ4v) is 2.31. The molecule has 0 saturated carbocycles. The van der Waals surface area contributed by atoms with Gasteiger partial charge in [-0.25, -0.2) is 9.67 Å². The van der Waals surface area contributed by atoms with E-state index < -0.39 is 0 Å². The van der Waals surface area contributed by atoms with E-state index in [4.69, 9.17) is 4.74 Å². The van der Waals surface area contributed by atoms with Gasteiger partial charge in [0.1, 0.15) is 18.7 Å². The normalized spacial score (nSPS) is 11.1. The maximum absolute atomic E-state index is 5.81. The van der Waals surface area contributed by atoms with Gasteiger partial charge in [0.2, 0.25) is 0 Å². The molecule has 0 aliphatic rings. The molecule has 1 aromatic heterocycles. The summed E-state index contributed by atoms with van der Waals surface area (Å²) in [7, 11) is 1.92. The average molecular weight is 339 g/mol. The Bertz CT molecular complexity index is 568. The average Bonchev–Trinajstić information content (AvgIpc) is 2.88. The maximum atomic E-state index is 5.81. The van der Waals surface area contributed by atoms with Gasteiger partial charge >= 0.3 is 0 Å². The molecule has 0 fully saturated rings. The Labute approximate surface area is 127 Å². The van der Waals surface area contributed by atoms with E-state index in [1.165, 1.54) is 0 Å². The standard InChI is InChI=1S/C14H19BrN4O/c1-10(2)19-14(17-9-18-19)8-20-12-4-5-13(15)11(6-12)7-16-3/h4-6,9-10,16H,7-8H2,1-3H3. The van der Waals surface area contributed by atoms with E-state index in [9.17, 15) is 0 Å². The molecule has 0 amide bonds. The molecular formula is C14H19BrN4O. The number of nitrogens with zero attached hydrogens (tertiary/aromatic N) is 3. The monoisotopic (exact) mass is 338 g/mol. The highest BCUT2D eigenvalue weighted by Gasteiger charge is 2.09. The quantitative estimate of drug-likeness (QED) is 0.879. The largest absolute Gasteiger partial charge is 0.486 e. The van der Waals surface area contributed by atoms with Gasteiger partial charge in [0.25, 0.3) is 0 Å². The van der Waals surface area contributed by atoms with Crippen molar-refractivity contribution >= 4 is 15.9 Å². The molecule has 108 valence electrons. The molecule has 0 saturated heterocycles. The third-order valence-electron chi connectivity index (χ3n) is 2.89. The number of aromatic nitrogens is 3. The summed E-state index contributed by atoms with van der Waals surface area (Å²) in [6, 6.07) is 6.24. The molecule has 5 nitrogen and oxygen atoms in total. The van der Waals surface area contributed by atoms with Crippen molar-refractivity contribution in [2.24, 2.45) is 0 Å². The summed E-state index contributed by atoms with van der Waals surface area (Å²) >= 11 is 3.53. The second kappa shape index (κ2) is 6.85. The zero-order chi connectivity index (χ0) is 14.5. The first-order valence-corrected chi connectivity index (χ1v) is 7.35. The van der Waals surface area contributed by atoms with Crippen LogP contribution >= 0.6 is 15.9 Å². The van der Waals surface area contributed by atoms with Crippen LogP contribution in [0.25, 0.3) is 0 Å². The minimum absolute atomic E-state index is 0.279.